The van der Waals surface area contributed by atoms with Gasteiger partial charge in [-0.25, -0.2) is 0 Å². The van der Waals surface area contributed by atoms with E-state index < -0.39 is 0 Å². The number of ketones is 3. The van der Waals surface area contributed by atoms with Crippen molar-refractivity contribution in [1.82, 2.24) is 15.0 Å². The van der Waals surface area contributed by atoms with E-state index in [2.05, 4.69) is 241 Å². The Balaban J connectivity index is 0.000000207. The molecule has 15 aromatic rings. The largest absolute Gasteiger partial charge is 0.512 e. The molecule has 6 aromatic heterocycles. The van der Waals surface area contributed by atoms with Gasteiger partial charge in [0.2, 0.25) is 0 Å². The van der Waals surface area contributed by atoms with Crippen LogP contribution in [0.2, 0.25) is 0 Å². The monoisotopic (exact) mass is 2110 g/mol. The van der Waals surface area contributed by atoms with E-state index in [0.717, 1.165) is 130 Å². The molecule has 15 heteroatoms. The molecular weight excluding hydrogens is 2000 g/mol. The Morgan fingerprint density at radius 2 is 0.709 bits per heavy atom. The van der Waals surface area contributed by atoms with Crippen molar-refractivity contribution in [3.63, 3.8) is 0 Å². The van der Waals surface area contributed by atoms with E-state index in [4.69, 9.17) is 34.0 Å². The topological polar surface area (TPSA) is 177 Å². The predicted molar refractivity (Wildman–Crippen MR) is 478 cm³/mol. The Labute approximate surface area is 734 Å². The summed E-state index contributed by atoms with van der Waals surface area (Å²) in [5, 5.41) is 37.1. The van der Waals surface area contributed by atoms with Crippen molar-refractivity contribution in [2.24, 2.45) is 29.6 Å². The Morgan fingerprint density at radius 1 is 0.368 bits per heavy atom. The van der Waals surface area contributed by atoms with E-state index in [-0.39, 0.29) is 94.9 Å². The molecule has 0 fully saturated rings. The fourth-order valence-electron chi connectivity index (χ4n) is 14.6. The number of hydrogen-bond acceptors (Lipinski definition) is 12. The Hall–Kier alpha value is -9.39. The van der Waals surface area contributed by atoms with Crippen molar-refractivity contribution in [2.75, 3.05) is 0 Å². The average molecular weight is 2110 g/mol. The van der Waals surface area contributed by atoms with Gasteiger partial charge in [0.25, 0.3) is 0 Å². The van der Waals surface area contributed by atoms with Crippen LogP contribution < -0.4 is 0 Å². The first-order chi connectivity index (χ1) is 54.1. The average Bonchev–Trinajstić information content (AvgIpc) is 1.67. The third kappa shape index (κ3) is 26.1. The third-order valence-corrected chi connectivity index (χ3v) is 19.8. The maximum absolute atomic E-state index is 11.2. The number of hydrogen-bond donors (Lipinski definition) is 3. The van der Waals surface area contributed by atoms with Crippen LogP contribution in [0.4, 0.5) is 0 Å². The van der Waals surface area contributed by atoms with Gasteiger partial charge in [-0.3, -0.25) is 29.3 Å². The van der Waals surface area contributed by atoms with Crippen molar-refractivity contribution in [3.05, 3.63) is 268 Å². The number of pyridine rings is 3. The van der Waals surface area contributed by atoms with Crippen LogP contribution in [0.5, 0.6) is 0 Å². The summed E-state index contributed by atoms with van der Waals surface area (Å²) in [5.74, 6) is 2.57. The van der Waals surface area contributed by atoms with Crippen LogP contribution in [0, 0.1) is 89.3 Å². The molecule has 0 aliphatic rings. The van der Waals surface area contributed by atoms with Gasteiger partial charge >= 0.3 is 0 Å². The van der Waals surface area contributed by atoms with Crippen LogP contribution in [0.1, 0.15) is 160 Å². The number of allylic oxidation sites excluding steroid dienone is 6. The molecule has 0 bridgehead atoms. The molecule has 9 aromatic carbocycles. The van der Waals surface area contributed by atoms with E-state index in [1.807, 2.05) is 63.3 Å². The van der Waals surface area contributed by atoms with Crippen molar-refractivity contribution in [1.29, 1.82) is 0 Å². The molecular formula is C102H108Ir3N3O8S-3. The van der Waals surface area contributed by atoms with Gasteiger partial charge in [-0.15, -0.1) is 116 Å². The second-order valence-electron chi connectivity index (χ2n) is 32.5. The minimum atomic E-state index is -0.125. The number of aliphatic hydroxyl groups is 3. The number of benzene rings is 9. The summed E-state index contributed by atoms with van der Waals surface area (Å²) < 4.78 is 14.9. The molecule has 0 saturated carbocycles. The van der Waals surface area contributed by atoms with Gasteiger partial charge in [0.15, 0.2) is 17.3 Å². The number of para-hydroxylation sites is 2. The van der Waals surface area contributed by atoms with Gasteiger partial charge in [0.05, 0.1) is 33.8 Å². The van der Waals surface area contributed by atoms with Crippen LogP contribution in [0.25, 0.3) is 131 Å². The molecule has 0 aliphatic heterocycles. The molecule has 0 atom stereocenters. The van der Waals surface area contributed by atoms with Crippen molar-refractivity contribution >= 4 is 125 Å². The minimum absolute atomic E-state index is 0. The molecule has 0 aliphatic carbocycles. The molecule has 117 heavy (non-hydrogen) atoms. The summed E-state index contributed by atoms with van der Waals surface area (Å²) in [6.07, 6.45) is 7.87. The van der Waals surface area contributed by atoms with E-state index >= 15 is 0 Å². The maximum Gasteiger partial charge on any atom is 0.159 e. The molecule has 15 rings (SSSR count). The summed E-state index contributed by atoms with van der Waals surface area (Å²) in [7, 11) is 0. The number of fused-ring (bicyclic) bond motifs is 12. The molecule has 6 heterocycles. The number of aliphatic hydroxyl groups excluding tert-OH is 3. The van der Waals surface area contributed by atoms with Gasteiger partial charge in [-0.1, -0.05) is 184 Å². The number of aromatic nitrogens is 3. The van der Waals surface area contributed by atoms with E-state index in [1.165, 1.54) is 116 Å². The van der Waals surface area contributed by atoms with Gasteiger partial charge in [-0.05, 0) is 153 Å². The Bertz CT molecular complexity index is 5540. The van der Waals surface area contributed by atoms with Gasteiger partial charge in [0, 0.05) is 161 Å². The normalized spacial score (nSPS) is 11.6. The summed E-state index contributed by atoms with van der Waals surface area (Å²) in [6, 6.07) is 68.8. The standard InChI is InChI=1S/2C27H24NO.C27H24NS.C11H20O2.2C5H8O2.3Ir/c3*1-16(2)9-19-13-24(20-11-17(3)10-18(4)12-20)28-25-15-27-23(14-22(19)25)21-7-5-6-8-26(21)29-27;1-8(2)5-10(12)7-11(13)6-9(3)4;2*1-4(6)3-5(2)7;;;/h3*5-8,10-11,13-16H,9H2,1-4H3;7-9,12H,5-6H2,1-4H3;2*3,6H,1-2H3;;;/q3*-1;;;;;;. The molecule has 11 nitrogen and oxygen atoms in total. The molecule has 0 unspecified atom stereocenters. The number of rotatable bonds is 16. The first kappa shape index (κ1) is 94.8. The first-order valence-electron chi connectivity index (χ1n) is 39.6. The maximum atomic E-state index is 11.2. The molecule has 0 saturated heterocycles. The summed E-state index contributed by atoms with van der Waals surface area (Å²) in [4.78, 5) is 46.4. The van der Waals surface area contributed by atoms with E-state index in [9.17, 15) is 19.5 Å². The van der Waals surface area contributed by atoms with Crippen molar-refractivity contribution in [3.8, 4) is 33.8 Å². The fraction of sp³-hybridized carbons (Fsp3) is 0.294. The van der Waals surface area contributed by atoms with Crippen molar-refractivity contribution in [2.45, 2.75) is 171 Å². The summed E-state index contributed by atoms with van der Waals surface area (Å²) in [6.45, 7) is 40.0. The van der Waals surface area contributed by atoms with Crippen molar-refractivity contribution < 1.29 is 98.9 Å². The summed E-state index contributed by atoms with van der Waals surface area (Å²) >= 11 is 1.86. The van der Waals surface area contributed by atoms with Crippen LogP contribution in [-0.4, -0.2) is 47.6 Å². The second kappa shape index (κ2) is 42.8. The number of thiophene rings is 1. The Kier molecular flexibility index (Phi) is 34.7. The van der Waals surface area contributed by atoms with Gasteiger partial charge in [0.1, 0.15) is 22.3 Å². The zero-order valence-electron chi connectivity index (χ0n) is 70.9. The zero-order valence-corrected chi connectivity index (χ0v) is 78.9. The first-order valence-corrected chi connectivity index (χ1v) is 40.4. The molecule has 0 amide bonds. The SMILES string of the molecule is CC(=O)C=C(C)O.CC(=O)C=C(C)O.CC(C)CC(=O)C=C(O)CC(C)C.Cc1[c-]c(-c2cc(CC(C)C)c3cc4c(cc3n2)oc2ccccc24)cc(C)c1.Cc1[c-]c(-c2cc(CC(C)C)c3cc4c(cc3n2)oc2ccccc24)cc(C)c1.Cc1[c-]c(-c2cc(CC(C)C)c3cc4c(cc3n2)sc2ccccc24)cc(C)c1.[Ir].[Ir].[Ir]. The molecule has 615 valence electrons. The fourth-order valence-corrected chi connectivity index (χ4v) is 15.7. The van der Waals surface area contributed by atoms with Crippen LogP contribution in [0.15, 0.2) is 208 Å². The minimum Gasteiger partial charge on any atom is -0.512 e. The van der Waals surface area contributed by atoms with Gasteiger partial charge < -0.3 is 24.2 Å². The summed E-state index contributed by atoms with van der Waals surface area (Å²) in [5.41, 5.74) is 24.1. The number of nitrogens with zero attached hydrogens (tertiary/aromatic N) is 3. The molecule has 3 radical (unpaired) electrons. The smallest absolute Gasteiger partial charge is 0.159 e. The quantitative estimate of drug-likeness (QED) is 0.0477. The number of aryl methyl sites for hydroxylation is 6. The van der Waals surface area contributed by atoms with E-state index in [1.54, 1.807) is 0 Å². The number of furan rings is 2. The Morgan fingerprint density at radius 3 is 1.04 bits per heavy atom. The third-order valence-electron chi connectivity index (χ3n) is 18.7. The van der Waals surface area contributed by atoms with E-state index in [0.29, 0.717) is 42.4 Å². The zero-order chi connectivity index (χ0) is 82.5. The van der Waals surface area contributed by atoms with Crippen LogP contribution in [-0.2, 0) is 94.0 Å². The van der Waals surface area contributed by atoms with Crippen LogP contribution >= 0.6 is 11.3 Å². The molecule has 3 N–H and O–H groups in total. The predicted octanol–water partition coefficient (Wildman–Crippen LogP) is 27.9. The van der Waals surface area contributed by atoms with Crippen LogP contribution in [0.3, 0.4) is 0 Å². The molecule has 0 spiro atoms. The number of carbonyl (C=O) groups excluding carboxylic acids is 3. The number of carbonyl (C=O) groups is 3. The second-order valence-corrected chi connectivity index (χ2v) is 33.6. The van der Waals surface area contributed by atoms with Gasteiger partial charge in [-0.2, -0.15) is 0 Å².